The van der Waals surface area contributed by atoms with Crippen LogP contribution in [-0.2, 0) is 4.79 Å². The van der Waals surface area contributed by atoms with E-state index in [9.17, 15) is 4.79 Å². The van der Waals surface area contributed by atoms with E-state index < -0.39 is 5.97 Å². The Balaban J connectivity index is 2.04. The van der Waals surface area contributed by atoms with Gasteiger partial charge in [-0.15, -0.1) is 0 Å². The SMILES string of the molecule is O=C(O)/C=C/c1ccc(N2CCCCCC2)nc1. The number of hydrogen-bond donors (Lipinski definition) is 1. The molecule has 1 aliphatic rings. The Morgan fingerprint density at radius 3 is 2.50 bits per heavy atom. The predicted octanol–water partition coefficient (Wildman–Crippen LogP) is 2.56. The molecule has 2 heterocycles. The molecular weight excluding hydrogens is 228 g/mol. The maximum atomic E-state index is 10.4. The van der Waals surface area contributed by atoms with Crippen molar-refractivity contribution in [3.05, 3.63) is 30.0 Å². The fraction of sp³-hybridized carbons (Fsp3) is 0.429. The number of carboxylic acids is 1. The van der Waals surface area contributed by atoms with E-state index in [0.717, 1.165) is 30.5 Å². The molecule has 0 atom stereocenters. The zero-order valence-electron chi connectivity index (χ0n) is 10.4. The zero-order chi connectivity index (χ0) is 12.8. The standard InChI is InChI=1S/C14H18N2O2/c17-14(18)8-6-12-5-7-13(15-11-12)16-9-3-1-2-4-10-16/h5-8,11H,1-4,9-10H2,(H,17,18)/b8-6+. The van der Waals surface area contributed by atoms with Gasteiger partial charge in [-0.2, -0.15) is 0 Å². The summed E-state index contributed by atoms with van der Waals surface area (Å²) in [6.07, 6.45) is 9.46. The Hall–Kier alpha value is -1.84. The summed E-state index contributed by atoms with van der Waals surface area (Å²) in [4.78, 5) is 17.1. The number of carboxylic acid groups (broad SMARTS) is 1. The van der Waals surface area contributed by atoms with Crippen LogP contribution in [0.25, 0.3) is 6.08 Å². The Labute approximate surface area is 107 Å². The van der Waals surface area contributed by atoms with Gasteiger partial charge in [-0.1, -0.05) is 12.8 Å². The van der Waals surface area contributed by atoms with Crippen LogP contribution in [0.2, 0.25) is 0 Å². The Morgan fingerprint density at radius 1 is 1.22 bits per heavy atom. The van der Waals surface area contributed by atoms with E-state index in [1.165, 1.54) is 25.7 Å². The maximum absolute atomic E-state index is 10.4. The summed E-state index contributed by atoms with van der Waals surface area (Å²) in [5, 5.41) is 8.55. The van der Waals surface area contributed by atoms with Crippen molar-refractivity contribution >= 4 is 17.9 Å². The molecule has 1 fully saturated rings. The fourth-order valence-electron chi connectivity index (χ4n) is 2.15. The van der Waals surface area contributed by atoms with Gasteiger partial charge in [0.1, 0.15) is 5.82 Å². The minimum Gasteiger partial charge on any atom is -0.478 e. The largest absolute Gasteiger partial charge is 0.478 e. The van der Waals surface area contributed by atoms with E-state index in [1.807, 2.05) is 12.1 Å². The van der Waals surface area contributed by atoms with Crippen molar-refractivity contribution in [3.63, 3.8) is 0 Å². The molecule has 0 amide bonds. The molecule has 96 valence electrons. The van der Waals surface area contributed by atoms with Crippen molar-refractivity contribution in [2.75, 3.05) is 18.0 Å². The van der Waals surface area contributed by atoms with Crippen LogP contribution in [0.1, 0.15) is 31.2 Å². The summed E-state index contributed by atoms with van der Waals surface area (Å²) in [6.45, 7) is 2.13. The lowest BCUT2D eigenvalue weighted by molar-refractivity contribution is -0.131. The summed E-state index contributed by atoms with van der Waals surface area (Å²) in [5.41, 5.74) is 0.816. The van der Waals surface area contributed by atoms with Gasteiger partial charge in [-0.05, 0) is 36.6 Å². The van der Waals surface area contributed by atoms with Crippen molar-refractivity contribution < 1.29 is 9.90 Å². The van der Waals surface area contributed by atoms with E-state index in [2.05, 4.69) is 9.88 Å². The number of anilines is 1. The average molecular weight is 246 g/mol. The van der Waals surface area contributed by atoms with Crippen LogP contribution in [0.3, 0.4) is 0 Å². The van der Waals surface area contributed by atoms with Crippen LogP contribution in [-0.4, -0.2) is 29.1 Å². The van der Waals surface area contributed by atoms with Crippen LogP contribution < -0.4 is 4.90 Å². The Kier molecular flexibility index (Phi) is 4.34. The monoisotopic (exact) mass is 246 g/mol. The molecule has 0 unspecified atom stereocenters. The molecule has 0 bridgehead atoms. The Bertz CT molecular complexity index is 418. The first-order chi connectivity index (χ1) is 8.75. The highest BCUT2D eigenvalue weighted by molar-refractivity contribution is 5.85. The van der Waals surface area contributed by atoms with Gasteiger partial charge in [-0.3, -0.25) is 0 Å². The summed E-state index contributed by atoms with van der Waals surface area (Å²) >= 11 is 0. The maximum Gasteiger partial charge on any atom is 0.328 e. The number of pyridine rings is 1. The number of aromatic nitrogens is 1. The lowest BCUT2D eigenvalue weighted by Crippen LogP contribution is -2.24. The second-order valence-electron chi connectivity index (χ2n) is 4.52. The highest BCUT2D eigenvalue weighted by Crippen LogP contribution is 2.17. The van der Waals surface area contributed by atoms with Gasteiger partial charge in [-0.25, -0.2) is 9.78 Å². The molecule has 1 saturated heterocycles. The topological polar surface area (TPSA) is 53.4 Å². The Morgan fingerprint density at radius 2 is 1.94 bits per heavy atom. The van der Waals surface area contributed by atoms with E-state index in [1.54, 1.807) is 12.3 Å². The molecule has 4 nitrogen and oxygen atoms in total. The average Bonchev–Trinajstić information content (AvgIpc) is 2.66. The summed E-state index contributed by atoms with van der Waals surface area (Å²) in [6, 6.07) is 3.87. The molecule has 0 aromatic carbocycles. The number of rotatable bonds is 3. The van der Waals surface area contributed by atoms with Gasteiger partial charge in [0.25, 0.3) is 0 Å². The zero-order valence-corrected chi connectivity index (χ0v) is 10.4. The molecule has 0 spiro atoms. The van der Waals surface area contributed by atoms with Crippen LogP contribution in [0.4, 0.5) is 5.82 Å². The van der Waals surface area contributed by atoms with E-state index in [-0.39, 0.29) is 0 Å². The van der Waals surface area contributed by atoms with Gasteiger partial charge in [0.05, 0.1) is 0 Å². The van der Waals surface area contributed by atoms with Crippen molar-refractivity contribution in [3.8, 4) is 0 Å². The summed E-state index contributed by atoms with van der Waals surface area (Å²) in [7, 11) is 0. The third kappa shape index (κ3) is 3.58. The predicted molar refractivity (Wildman–Crippen MR) is 71.6 cm³/mol. The van der Waals surface area contributed by atoms with Crippen molar-refractivity contribution in [2.24, 2.45) is 0 Å². The fourth-order valence-corrected chi connectivity index (χ4v) is 2.15. The third-order valence-electron chi connectivity index (χ3n) is 3.12. The number of aliphatic carboxylic acids is 1. The van der Waals surface area contributed by atoms with Crippen LogP contribution in [0.5, 0.6) is 0 Å². The molecule has 4 heteroatoms. The van der Waals surface area contributed by atoms with E-state index in [4.69, 9.17) is 5.11 Å². The van der Waals surface area contributed by atoms with Crippen molar-refractivity contribution in [2.45, 2.75) is 25.7 Å². The molecule has 1 aromatic rings. The van der Waals surface area contributed by atoms with Gasteiger partial charge >= 0.3 is 5.97 Å². The molecule has 0 radical (unpaired) electrons. The normalized spacial score (nSPS) is 16.8. The first kappa shape index (κ1) is 12.6. The quantitative estimate of drug-likeness (QED) is 0.833. The first-order valence-corrected chi connectivity index (χ1v) is 6.38. The van der Waals surface area contributed by atoms with Crippen LogP contribution >= 0.6 is 0 Å². The molecular formula is C14H18N2O2. The van der Waals surface area contributed by atoms with Gasteiger partial charge in [0, 0.05) is 25.4 Å². The van der Waals surface area contributed by atoms with E-state index in [0.29, 0.717) is 0 Å². The molecule has 1 aromatic heterocycles. The smallest absolute Gasteiger partial charge is 0.328 e. The number of carbonyl (C=O) groups is 1. The van der Waals surface area contributed by atoms with Gasteiger partial charge < -0.3 is 10.0 Å². The highest BCUT2D eigenvalue weighted by atomic mass is 16.4. The van der Waals surface area contributed by atoms with Gasteiger partial charge in [0.15, 0.2) is 0 Å². The molecule has 1 N–H and O–H groups in total. The van der Waals surface area contributed by atoms with Crippen LogP contribution in [0.15, 0.2) is 24.4 Å². The second-order valence-corrected chi connectivity index (χ2v) is 4.52. The molecule has 18 heavy (non-hydrogen) atoms. The van der Waals surface area contributed by atoms with Crippen LogP contribution in [0, 0.1) is 0 Å². The number of nitrogens with zero attached hydrogens (tertiary/aromatic N) is 2. The molecule has 2 rings (SSSR count). The molecule has 0 aliphatic carbocycles. The lowest BCUT2D eigenvalue weighted by Gasteiger charge is -2.21. The van der Waals surface area contributed by atoms with Gasteiger partial charge in [0.2, 0.25) is 0 Å². The minimum atomic E-state index is -0.938. The van der Waals surface area contributed by atoms with Crippen molar-refractivity contribution in [1.29, 1.82) is 0 Å². The molecule has 1 aliphatic heterocycles. The highest BCUT2D eigenvalue weighted by Gasteiger charge is 2.10. The van der Waals surface area contributed by atoms with Crippen molar-refractivity contribution in [1.82, 2.24) is 4.98 Å². The first-order valence-electron chi connectivity index (χ1n) is 6.38. The minimum absolute atomic E-state index is 0.816. The summed E-state index contributed by atoms with van der Waals surface area (Å²) < 4.78 is 0. The summed E-state index contributed by atoms with van der Waals surface area (Å²) in [5.74, 6) is 0.0518. The number of hydrogen-bond acceptors (Lipinski definition) is 3. The molecule has 0 saturated carbocycles. The third-order valence-corrected chi connectivity index (χ3v) is 3.12. The van der Waals surface area contributed by atoms with E-state index >= 15 is 0 Å². The lowest BCUT2D eigenvalue weighted by atomic mass is 10.2. The second kappa shape index (κ2) is 6.19.